The van der Waals surface area contributed by atoms with E-state index in [0.717, 1.165) is 77.0 Å². The number of allylic oxidation sites excluding steroid dienone is 12. The van der Waals surface area contributed by atoms with Gasteiger partial charge in [0, 0.05) is 19.3 Å². The lowest BCUT2D eigenvalue weighted by Crippen LogP contribution is -2.30. The van der Waals surface area contributed by atoms with Crippen LogP contribution in [0.5, 0.6) is 0 Å². The number of rotatable bonds is 52. The van der Waals surface area contributed by atoms with Crippen molar-refractivity contribution in [2.45, 2.75) is 290 Å². The molecule has 0 fully saturated rings. The Morgan fingerprint density at radius 1 is 0.294 bits per heavy atom. The second-order valence-corrected chi connectivity index (χ2v) is 19.3. The largest absolute Gasteiger partial charge is 0.462 e. The van der Waals surface area contributed by atoms with E-state index in [1.165, 1.54) is 167 Å². The number of carbonyl (C=O) groups is 3. The third kappa shape index (κ3) is 53.8. The SMILES string of the molecule is CCCCC/C=C\C=C/CCCCCCCCCCCCC(=O)OCC(COC(=O)CCCCCCCC/C=C\C=C/CCCCC)OC(=O)CCCCC/C=C\C=C/CCCCCCCCC. The summed E-state index contributed by atoms with van der Waals surface area (Å²) >= 11 is 0. The minimum atomic E-state index is -0.796. The minimum Gasteiger partial charge on any atom is -0.462 e. The van der Waals surface area contributed by atoms with E-state index in [-0.39, 0.29) is 31.1 Å². The summed E-state index contributed by atoms with van der Waals surface area (Å²) < 4.78 is 16.8. The van der Waals surface area contributed by atoms with Crippen LogP contribution in [0.1, 0.15) is 284 Å². The standard InChI is InChI=1S/C62H108O6/c1-4-7-10-13-16-19-22-25-28-30-31-32-35-37-40-43-46-49-52-55-61(64)67-58-59(57-66-60(63)54-51-48-45-42-39-36-33-27-24-21-18-15-12-9-6-3)68-62(65)56-53-50-47-44-41-38-34-29-26-23-20-17-14-11-8-5-2/h16,18-19,21-22,24-25,27,29,34,38,41,59H,4-15,17,20,23,26,28,30-33,35-37,39-40,42-58H2,1-3H3/b19-16-,21-18-,25-22-,27-24-,34-29-,41-38-. The van der Waals surface area contributed by atoms with Crippen molar-refractivity contribution >= 4 is 17.9 Å². The van der Waals surface area contributed by atoms with Gasteiger partial charge in [0.05, 0.1) is 0 Å². The maximum atomic E-state index is 12.8. The van der Waals surface area contributed by atoms with Crippen LogP contribution in [-0.4, -0.2) is 37.2 Å². The molecule has 0 aromatic rings. The molecule has 0 aromatic carbocycles. The summed E-state index contributed by atoms with van der Waals surface area (Å²) in [6, 6.07) is 0. The molecule has 6 nitrogen and oxygen atoms in total. The lowest BCUT2D eigenvalue weighted by Gasteiger charge is -2.18. The first-order chi connectivity index (χ1) is 33.5. The van der Waals surface area contributed by atoms with Crippen LogP contribution in [0.25, 0.3) is 0 Å². The van der Waals surface area contributed by atoms with Gasteiger partial charge in [0.15, 0.2) is 6.10 Å². The van der Waals surface area contributed by atoms with Gasteiger partial charge in [-0.15, -0.1) is 0 Å². The average molecular weight is 950 g/mol. The summed E-state index contributed by atoms with van der Waals surface area (Å²) in [5.74, 6) is -0.925. The Morgan fingerprint density at radius 2 is 0.515 bits per heavy atom. The van der Waals surface area contributed by atoms with Gasteiger partial charge in [-0.25, -0.2) is 0 Å². The van der Waals surface area contributed by atoms with Gasteiger partial charge in [-0.3, -0.25) is 14.4 Å². The Bertz CT molecular complexity index is 1270. The number of unbranched alkanes of at least 4 members (excludes halogenated alkanes) is 32. The second-order valence-electron chi connectivity index (χ2n) is 19.3. The molecule has 1 unspecified atom stereocenters. The fraction of sp³-hybridized carbons (Fsp3) is 0.758. The van der Waals surface area contributed by atoms with E-state index in [1.807, 2.05) is 0 Å². The summed E-state index contributed by atoms with van der Waals surface area (Å²) in [6.07, 6.45) is 71.7. The molecule has 0 aliphatic heterocycles. The zero-order chi connectivity index (χ0) is 49.3. The number of hydrogen-bond donors (Lipinski definition) is 0. The van der Waals surface area contributed by atoms with Crippen LogP contribution >= 0.6 is 0 Å². The van der Waals surface area contributed by atoms with E-state index >= 15 is 0 Å². The summed E-state index contributed by atoms with van der Waals surface area (Å²) in [5.41, 5.74) is 0. The second kappa shape index (κ2) is 56.4. The number of carbonyl (C=O) groups excluding carboxylic acids is 3. The highest BCUT2D eigenvalue weighted by molar-refractivity contribution is 5.71. The van der Waals surface area contributed by atoms with Gasteiger partial charge in [-0.2, -0.15) is 0 Å². The Morgan fingerprint density at radius 3 is 0.824 bits per heavy atom. The molecule has 0 amide bonds. The van der Waals surface area contributed by atoms with Crippen molar-refractivity contribution in [3.63, 3.8) is 0 Å². The van der Waals surface area contributed by atoms with E-state index in [4.69, 9.17) is 14.2 Å². The lowest BCUT2D eigenvalue weighted by molar-refractivity contribution is -0.167. The van der Waals surface area contributed by atoms with E-state index in [9.17, 15) is 14.4 Å². The normalized spacial score (nSPS) is 12.6. The monoisotopic (exact) mass is 949 g/mol. The third-order valence-electron chi connectivity index (χ3n) is 12.5. The maximum Gasteiger partial charge on any atom is 0.306 e. The van der Waals surface area contributed by atoms with Crippen LogP contribution in [-0.2, 0) is 28.6 Å². The van der Waals surface area contributed by atoms with Gasteiger partial charge in [0.25, 0.3) is 0 Å². The van der Waals surface area contributed by atoms with Gasteiger partial charge < -0.3 is 14.2 Å². The topological polar surface area (TPSA) is 78.9 Å². The van der Waals surface area contributed by atoms with Crippen LogP contribution in [0.2, 0.25) is 0 Å². The molecular formula is C62H108O6. The van der Waals surface area contributed by atoms with Crippen LogP contribution in [0, 0.1) is 0 Å². The number of ether oxygens (including phenoxy) is 3. The highest BCUT2D eigenvalue weighted by atomic mass is 16.6. The molecule has 0 aliphatic rings. The van der Waals surface area contributed by atoms with Crippen molar-refractivity contribution < 1.29 is 28.6 Å². The first kappa shape index (κ1) is 64.8. The molecule has 0 saturated heterocycles. The highest BCUT2D eigenvalue weighted by Gasteiger charge is 2.19. The van der Waals surface area contributed by atoms with Crippen molar-refractivity contribution in [3.05, 3.63) is 72.9 Å². The Kier molecular flexibility index (Phi) is 53.8. The van der Waals surface area contributed by atoms with E-state index < -0.39 is 6.10 Å². The van der Waals surface area contributed by atoms with Crippen LogP contribution in [0.4, 0.5) is 0 Å². The smallest absolute Gasteiger partial charge is 0.306 e. The summed E-state index contributed by atoms with van der Waals surface area (Å²) in [7, 11) is 0. The predicted molar refractivity (Wildman–Crippen MR) is 293 cm³/mol. The molecule has 1 atom stereocenters. The van der Waals surface area contributed by atoms with Gasteiger partial charge in [0.1, 0.15) is 13.2 Å². The zero-order valence-corrected chi connectivity index (χ0v) is 44.9. The van der Waals surface area contributed by atoms with E-state index in [0.29, 0.717) is 19.3 Å². The summed E-state index contributed by atoms with van der Waals surface area (Å²) in [4.78, 5) is 38.2. The Labute approximate surface area is 421 Å². The lowest BCUT2D eigenvalue weighted by atomic mass is 10.1. The molecule has 0 aromatic heterocycles. The molecule has 0 heterocycles. The highest BCUT2D eigenvalue weighted by Crippen LogP contribution is 2.15. The predicted octanol–water partition coefficient (Wildman–Crippen LogP) is 19.4. The van der Waals surface area contributed by atoms with Crippen molar-refractivity contribution in [1.29, 1.82) is 0 Å². The molecule has 68 heavy (non-hydrogen) atoms. The Balaban J connectivity index is 4.42. The van der Waals surface area contributed by atoms with Gasteiger partial charge in [0.2, 0.25) is 0 Å². The fourth-order valence-electron chi connectivity index (χ4n) is 8.06. The van der Waals surface area contributed by atoms with Crippen molar-refractivity contribution in [3.8, 4) is 0 Å². The molecule has 0 saturated carbocycles. The van der Waals surface area contributed by atoms with Gasteiger partial charge >= 0.3 is 17.9 Å². The number of hydrogen-bond acceptors (Lipinski definition) is 6. The third-order valence-corrected chi connectivity index (χ3v) is 12.5. The summed E-state index contributed by atoms with van der Waals surface area (Å²) in [5, 5.41) is 0. The molecule has 6 heteroatoms. The zero-order valence-electron chi connectivity index (χ0n) is 44.9. The van der Waals surface area contributed by atoms with Gasteiger partial charge in [-0.1, -0.05) is 241 Å². The summed E-state index contributed by atoms with van der Waals surface area (Å²) in [6.45, 7) is 6.56. The van der Waals surface area contributed by atoms with Crippen LogP contribution < -0.4 is 0 Å². The fourth-order valence-corrected chi connectivity index (χ4v) is 8.06. The van der Waals surface area contributed by atoms with Crippen LogP contribution in [0.15, 0.2) is 72.9 Å². The van der Waals surface area contributed by atoms with Crippen molar-refractivity contribution in [2.24, 2.45) is 0 Å². The van der Waals surface area contributed by atoms with E-state index in [2.05, 4.69) is 93.7 Å². The number of esters is 3. The molecule has 0 radical (unpaired) electrons. The molecule has 0 aliphatic carbocycles. The average Bonchev–Trinajstić information content (AvgIpc) is 3.34. The van der Waals surface area contributed by atoms with Crippen LogP contribution in [0.3, 0.4) is 0 Å². The minimum absolute atomic E-state index is 0.0913. The molecule has 0 bridgehead atoms. The quantitative estimate of drug-likeness (QED) is 0.0262. The van der Waals surface area contributed by atoms with Crippen molar-refractivity contribution in [1.82, 2.24) is 0 Å². The van der Waals surface area contributed by atoms with Crippen molar-refractivity contribution in [2.75, 3.05) is 13.2 Å². The first-order valence-electron chi connectivity index (χ1n) is 29.0. The molecular weight excluding hydrogens is 841 g/mol. The molecule has 0 N–H and O–H groups in total. The molecule has 392 valence electrons. The molecule has 0 rings (SSSR count). The molecule has 0 spiro atoms. The maximum absolute atomic E-state index is 12.8. The van der Waals surface area contributed by atoms with E-state index in [1.54, 1.807) is 0 Å². The Hall–Kier alpha value is -3.15. The van der Waals surface area contributed by atoms with Gasteiger partial charge in [-0.05, 0) is 96.3 Å². The first-order valence-corrected chi connectivity index (χ1v) is 29.0.